The Morgan fingerprint density at radius 1 is 1.54 bits per heavy atom. The van der Waals surface area contributed by atoms with Gasteiger partial charge in [-0.3, -0.25) is 4.79 Å². The summed E-state index contributed by atoms with van der Waals surface area (Å²) in [5.74, 6) is 0.497. The Morgan fingerprint density at radius 3 is 2.69 bits per heavy atom. The van der Waals surface area contributed by atoms with E-state index >= 15 is 0 Å². The number of rotatable bonds is 4. The van der Waals surface area contributed by atoms with E-state index in [0.29, 0.717) is 5.92 Å². The normalized spacial score (nSPS) is 10.8. The molecule has 0 amide bonds. The minimum Gasteiger partial charge on any atom is -0.345 e. The maximum atomic E-state index is 10.7. The smallest absolute Gasteiger partial charge is 0.166 e. The zero-order valence-corrected chi connectivity index (χ0v) is 8.58. The highest BCUT2D eigenvalue weighted by Crippen LogP contribution is 2.17. The van der Waals surface area contributed by atoms with Crippen LogP contribution < -0.4 is 0 Å². The van der Waals surface area contributed by atoms with Crippen molar-refractivity contribution in [2.24, 2.45) is 0 Å². The Balaban J connectivity index is 2.96. The van der Waals surface area contributed by atoms with Crippen molar-refractivity contribution in [2.75, 3.05) is 0 Å². The number of hydrogen-bond donors (Lipinski definition) is 0. The Bertz CT molecular complexity index is 286. The van der Waals surface area contributed by atoms with Crippen molar-refractivity contribution in [1.29, 1.82) is 0 Å². The molecule has 1 heterocycles. The molecule has 1 aromatic heterocycles. The lowest BCUT2D eigenvalue weighted by atomic mass is 10.1. The van der Waals surface area contributed by atoms with E-state index in [1.165, 1.54) is 5.56 Å². The second-order valence-electron chi connectivity index (χ2n) is 3.66. The number of aldehydes is 1. The Morgan fingerprint density at radius 2 is 2.23 bits per heavy atom. The Labute approximate surface area is 79.6 Å². The van der Waals surface area contributed by atoms with E-state index in [-0.39, 0.29) is 0 Å². The maximum Gasteiger partial charge on any atom is 0.166 e. The van der Waals surface area contributed by atoms with Crippen LogP contribution in [-0.2, 0) is 6.54 Å². The summed E-state index contributed by atoms with van der Waals surface area (Å²) < 4.78 is 2.03. The van der Waals surface area contributed by atoms with Gasteiger partial charge in [-0.2, -0.15) is 0 Å². The van der Waals surface area contributed by atoms with E-state index in [2.05, 4.69) is 27.0 Å². The summed E-state index contributed by atoms with van der Waals surface area (Å²) in [5.41, 5.74) is 2.04. The van der Waals surface area contributed by atoms with Gasteiger partial charge in [-0.1, -0.05) is 20.8 Å². The lowest BCUT2D eigenvalue weighted by Crippen LogP contribution is -1.99. The van der Waals surface area contributed by atoms with Crippen LogP contribution in [0.3, 0.4) is 0 Å². The van der Waals surface area contributed by atoms with Gasteiger partial charge in [0, 0.05) is 12.7 Å². The van der Waals surface area contributed by atoms with Crippen molar-refractivity contribution in [1.82, 2.24) is 4.57 Å². The molecule has 0 bridgehead atoms. The summed E-state index contributed by atoms with van der Waals surface area (Å²) in [6.07, 6.45) is 4.08. The second-order valence-corrected chi connectivity index (χ2v) is 3.66. The van der Waals surface area contributed by atoms with Gasteiger partial charge >= 0.3 is 0 Å². The van der Waals surface area contributed by atoms with E-state index in [4.69, 9.17) is 0 Å². The molecule has 1 aromatic rings. The zero-order chi connectivity index (χ0) is 9.84. The van der Waals surface area contributed by atoms with Crippen molar-refractivity contribution < 1.29 is 4.79 Å². The molecule has 72 valence electrons. The fourth-order valence-electron chi connectivity index (χ4n) is 1.40. The molecule has 0 aromatic carbocycles. The quantitative estimate of drug-likeness (QED) is 0.651. The zero-order valence-electron chi connectivity index (χ0n) is 8.58. The van der Waals surface area contributed by atoms with Crippen molar-refractivity contribution in [3.63, 3.8) is 0 Å². The summed E-state index contributed by atoms with van der Waals surface area (Å²) in [6, 6.07) is 1.98. The van der Waals surface area contributed by atoms with Gasteiger partial charge in [0.2, 0.25) is 0 Å². The third kappa shape index (κ3) is 2.20. The minimum atomic E-state index is 0.497. The third-order valence-electron chi connectivity index (χ3n) is 2.20. The van der Waals surface area contributed by atoms with Crippen LogP contribution in [0.15, 0.2) is 12.3 Å². The Hall–Kier alpha value is -1.05. The minimum absolute atomic E-state index is 0.497. The molecule has 1 rings (SSSR count). The van der Waals surface area contributed by atoms with Gasteiger partial charge in [0.1, 0.15) is 0 Å². The van der Waals surface area contributed by atoms with Crippen LogP contribution in [0.25, 0.3) is 0 Å². The first-order valence-electron chi connectivity index (χ1n) is 4.84. The molecule has 0 atom stereocenters. The number of nitrogens with zero attached hydrogens (tertiary/aromatic N) is 1. The van der Waals surface area contributed by atoms with Crippen LogP contribution in [0, 0.1) is 0 Å². The maximum absolute atomic E-state index is 10.7. The number of aryl methyl sites for hydroxylation is 1. The SMILES string of the molecule is CCCn1cc(C(C)C)cc1C=O. The van der Waals surface area contributed by atoms with Gasteiger partial charge in [-0.25, -0.2) is 0 Å². The van der Waals surface area contributed by atoms with Gasteiger partial charge in [0.15, 0.2) is 6.29 Å². The van der Waals surface area contributed by atoms with Crippen LogP contribution in [-0.4, -0.2) is 10.9 Å². The number of carbonyl (C=O) groups excluding carboxylic acids is 1. The molecule has 2 heteroatoms. The fourth-order valence-corrected chi connectivity index (χ4v) is 1.40. The van der Waals surface area contributed by atoms with Crippen LogP contribution >= 0.6 is 0 Å². The monoisotopic (exact) mass is 179 g/mol. The second kappa shape index (κ2) is 4.26. The van der Waals surface area contributed by atoms with Crippen molar-refractivity contribution >= 4 is 6.29 Å². The molecule has 0 saturated carbocycles. The topological polar surface area (TPSA) is 22.0 Å². The van der Waals surface area contributed by atoms with Crippen LogP contribution in [0.1, 0.15) is 49.2 Å². The molecule has 2 nitrogen and oxygen atoms in total. The molecular weight excluding hydrogens is 162 g/mol. The average molecular weight is 179 g/mol. The highest BCUT2D eigenvalue weighted by atomic mass is 16.1. The number of hydrogen-bond acceptors (Lipinski definition) is 1. The molecule has 0 fully saturated rings. The summed E-state index contributed by atoms with van der Waals surface area (Å²) in [5, 5.41) is 0. The molecule has 0 N–H and O–H groups in total. The molecule has 0 aliphatic heterocycles. The first-order chi connectivity index (χ1) is 6.19. The lowest BCUT2D eigenvalue weighted by Gasteiger charge is -2.01. The van der Waals surface area contributed by atoms with Crippen LogP contribution in [0.5, 0.6) is 0 Å². The predicted molar refractivity (Wildman–Crippen MR) is 54.2 cm³/mol. The van der Waals surface area contributed by atoms with Gasteiger partial charge in [-0.15, -0.1) is 0 Å². The van der Waals surface area contributed by atoms with E-state index in [1.807, 2.05) is 10.6 Å². The standard InChI is InChI=1S/C11H17NO/c1-4-5-12-7-10(9(2)3)6-11(12)8-13/h6-9H,4-5H2,1-3H3. The Kier molecular flexibility index (Phi) is 3.29. The highest BCUT2D eigenvalue weighted by molar-refractivity contribution is 5.73. The highest BCUT2D eigenvalue weighted by Gasteiger charge is 2.06. The van der Waals surface area contributed by atoms with E-state index in [0.717, 1.165) is 24.9 Å². The van der Waals surface area contributed by atoms with Crippen molar-refractivity contribution in [3.05, 3.63) is 23.5 Å². The number of aromatic nitrogens is 1. The molecule has 0 aliphatic rings. The molecule has 0 unspecified atom stereocenters. The summed E-state index contributed by atoms with van der Waals surface area (Å²) in [4.78, 5) is 10.7. The first kappa shape index (κ1) is 10.0. The lowest BCUT2D eigenvalue weighted by molar-refractivity contribution is 0.111. The van der Waals surface area contributed by atoms with E-state index in [9.17, 15) is 4.79 Å². The van der Waals surface area contributed by atoms with Crippen molar-refractivity contribution in [3.8, 4) is 0 Å². The van der Waals surface area contributed by atoms with E-state index < -0.39 is 0 Å². The number of carbonyl (C=O) groups is 1. The van der Waals surface area contributed by atoms with Crippen LogP contribution in [0.4, 0.5) is 0 Å². The molecule has 0 radical (unpaired) electrons. The van der Waals surface area contributed by atoms with Crippen LogP contribution in [0.2, 0.25) is 0 Å². The molecule has 0 aliphatic carbocycles. The first-order valence-corrected chi connectivity index (χ1v) is 4.84. The van der Waals surface area contributed by atoms with Crippen molar-refractivity contribution in [2.45, 2.75) is 39.7 Å². The van der Waals surface area contributed by atoms with Gasteiger partial charge in [-0.05, 0) is 24.0 Å². The van der Waals surface area contributed by atoms with Gasteiger partial charge < -0.3 is 4.57 Å². The molecule has 0 saturated heterocycles. The summed E-state index contributed by atoms with van der Waals surface area (Å²) in [7, 11) is 0. The summed E-state index contributed by atoms with van der Waals surface area (Å²) >= 11 is 0. The van der Waals surface area contributed by atoms with E-state index in [1.54, 1.807) is 0 Å². The molecule has 0 spiro atoms. The van der Waals surface area contributed by atoms with Gasteiger partial charge in [0.25, 0.3) is 0 Å². The molecular formula is C11H17NO. The molecule has 13 heavy (non-hydrogen) atoms. The van der Waals surface area contributed by atoms with Gasteiger partial charge in [0.05, 0.1) is 5.69 Å². The average Bonchev–Trinajstić information content (AvgIpc) is 2.48. The largest absolute Gasteiger partial charge is 0.345 e. The fraction of sp³-hybridized carbons (Fsp3) is 0.545. The third-order valence-corrected chi connectivity index (χ3v) is 2.20. The predicted octanol–water partition coefficient (Wildman–Crippen LogP) is 2.83. The summed E-state index contributed by atoms with van der Waals surface area (Å²) in [6.45, 7) is 7.32.